The number of carbonyl (C=O) groups excluding carboxylic acids is 2. The molecule has 32 heavy (non-hydrogen) atoms. The Labute approximate surface area is 190 Å². The Morgan fingerprint density at radius 3 is 2.31 bits per heavy atom. The van der Waals surface area contributed by atoms with Crippen LogP contribution in [-0.2, 0) is 4.79 Å². The van der Waals surface area contributed by atoms with E-state index in [-0.39, 0.29) is 11.8 Å². The third-order valence-electron chi connectivity index (χ3n) is 4.85. The van der Waals surface area contributed by atoms with Gasteiger partial charge < -0.3 is 15.4 Å². The van der Waals surface area contributed by atoms with Gasteiger partial charge in [-0.15, -0.1) is 11.8 Å². The monoisotopic (exact) mass is 442 g/mol. The highest BCUT2D eigenvalue weighted by molar-refractivity contribution is 8.00. The van der Waals surface area contributed by atoms with Gasteiger partial charge in [-0.3, -0.25) is 9.59 Å². The van der Waals surface area contributed by atoms with Crippen LogP contribution in [0.1, 0.15) is 10.4 Å². The standard InChI is InChI=1S/C26H22N2O3S/c1-31-23-8-4-7-20(16-23)26(30)28-21-11-13-24(14-12-21)32-17-25(29)27-22-10-9-18-5-2-3-6-19(18)15-22/h2-16H,17H2,1H3,(H,27,29)(H,28,30). The molecule has 2 amide bonds. The first-order chi connectivity index (χ1) is 15.6. The molecule has 4 rings (SSSR count). The Morgan fingerprint density at radius 1 is 0.781 bits per heavy atom. The zero-order valence-electron chi connectivity index (χ0n) is 17.5. The molecule has 2 N–H and O–H groups in total. The lowest BCUT2D eigenvalue weighted by molar-refractivity contribution is -0.113. The highest BCUT2D eigenvalue weighted by Gasteiger charge is 2.08. The van der Waals surface area contributed by atoms with E-state index in [1.807, 2.05) is 66.7 Å². The number of methoxy groups -OCH3 is 1. The quantitative estimate of drug-likeness (QED) is 0.353. The van der Waals surface area contributed by atoms with Crippen LogP contribution >= 0.6 is 11.8 Å². The number of anilines is 2. The van der Waals surface area contributed by atoms with E-state index in [2.05, 4.69) is 10.6 Å². The first-order valence-electron chi connectivity index (χ1n) is 10.1. The normalized spacial score (nSPS) is 10.5. The lowest BCUT2D eigenvalue weighted by atomic mass is 10.1. The van der Waals surface area contributed by atoms with Crippen LogP contribution in [0.4, 0.5) is 11.4 Å². The number of rotatable bonds is 7. The van der Waals surface area contributed by atoms with Crippen molar-refractivity contribution in [2.45, 2.75) is 4.90 Å². The highest BCUT2D eigenvalue weighted by Crippen LogP contribution is 2.23. The zero-order valence-corrected chi connectivity index (χ0v) is 18.3. The summed E-state index contributed by atoms with van der Waals surface area (Å²) in [5.74, 6) is 0.647. The Morgan fingerprint density at radius 2 is 1.53 bits per heavy atom. The number of nitrogens with one attached hydrogen (secondary N) is 2. The van der Waals surface area contributed by atoms with Crippen molar-refractivity contribution < 1.29 is 14.3 Å². The number of benzene rings is 4. The Hall–Kier alpha value is -3.77. The van der Waals surface area contributed by atoms with Crippen LogP contribution < -0.4 is 15.4 Å². The predicted molar refractivity (Wildman–Crippen MR) is 131 cm³/mol. The molecular formula is C26H22N2O3S. The second-order valence-corrected chi connectivity index (χ2v) is 8.16. The van der Waals surface area contributed by atoms with Gasteiger partial charge in [0, 0.05) is 21.8 Å². The summed E-state index contributed by atoms with van der Waals surface area (Å²) in [6.07, 6.45) is 0. The van der Waals surface area contributed by atoms with Gasteiger partial charge >= 0.3 is 0 Å². The van der Waals surface area contributed by atoms with Gasteiger partial charge in [0.15, 0.2) is 0 Å². The minimum Gasteiger partial charge on any atom is -0.497 e. The van der Waals surface area contributed by atoms with Crippen molar-refractivity contribution >= 4 is 45.7 Å². The number of amides is 2. The van der Waals surface area contributed by atoms with Crippen LogP contribution in [0.2, 0.25) is 0 Å². The molecule has 0 fully saturated rings. The van der Waals surface area contributed by atoms with Crippen LogP contribution in [0.3, 0.4) is 0 Å². The van der Waals surface area contributed by atoms with E-state index in [0.29, 0.717) is 22.8 Å². The summed E-state index contributed by atoms with van der Waals surface area (Å²) >= 11 is 1.44. The maximum Gasteiger partial charge on any atom is 0.255 e. The van der Waals surface area contributed by atoms with Crippen LogP contribution in [-0.4, -0.2) is 24.7 Å². The fraction of sp³-hybridized carbons (Fsp3) is 0.0769. The van der Waals surface area contributed by atoms with E-state index in [9.17, 15) is 9.59 Å². The fourth-order valence-corrected chi connectivity index (χ4v) is 3.91. The maximum absolute atomic E-state index is 12.4. The number of hydrogen-bond donors (Lipinski definition) is 2. The lowest BCUT2D eigenvalue weighted by Gasteiger charge is -2.08. The minimum absolute atomic E-state index is 0.0688. The number of ether oxygens (including phenoxy) is 1. The average molecular weight is 443 g/mol. The summed E-state index contributed by atoms with van der Waals surface area (Å²) in [4.78, 5) is 25.7. The summed E-state index contributed by atoms with van der Waals surface area (Å²) in [5.41, 5.74) is 1.99. The van der Waals surface area contributed by atoms with E-state index in [4.69, 9.17) is 4.74 Å². The zero-order chi connectivity index (χ0) is 22.3. The van der Waals surface area contributed by atoms with Crippen LogP contribution in [0, 0.1) is 0 Å². The Kier molecular flexibility index (Phi) is 6.72. The van der Waals surface area contributed by atoms with Crippen molar-refractivity contribution in [3.63, 3.8) is 0 Å². The molecule has 0 unspecified atom stereocenters. The van der Waals surface area contributed by atoms with Gasteiger partial charge in [0.2, 0.25) is 5.91 Å². The first kappa shape index (κ1) is 21.5. The third kappa shape index (κ3) is 5.47. The first-order valence-corrected chi connectivity index (χ1v) is 11.1. The lowest BCUT2D eigenvalue weighted by Crippen LogP contribution is -2.14. The summed E-state index contributed by atoms with van der Waals surface area (Å²) in [7, 11) is 1.56. The van der Waals surface area contributed by atoms with E-state index < -0.39 is 0 Å². The largest absolute Gasteiger partial charge is 0.497 e. The number of hydrogen-bond acceptors (Lipinski definition) is 4. The maximum atomic E-state index is 12.4. The number of fused-ring (bicyclic) bond motifs is 1. The van der Waals surface area contributed by atoms with Crippen molar-refractivity contribution in [3.05, 3.63) is 96.6 Å². The molecule has 0 heterocycles. The van der Waals surface area contributed by atoms with Crippen molar-refractivity contribution in [1.29, 1.82) is 0 Å². The average Bonchev–Trinajstić information content (AvgIpc) is 2.83. The predicted octanol–water partition coefficient (Wildman–Crippen LogP) is 5.83. The molecular weight excluding hydrogens is 420 g/mol. The molecule has 6 heteroatoms. The van der Waals surface area contributed by atoms with Gasteiger partial charge in [0.25, 0.3) is 5.91 Å². The van der Waals surface area contributed by atoms with Gasteiger partial charge in [-0.1, -0.05) is 36.4 Å². The molecule has 0 saturated carbocycles. The second-order valence-electron chi connectivity index (χ2n) is 7.11. The molecule has 0 atom stereocenters. The highest BCUT2D eigenvalue weighted by atomic mass is 32.2. The fourth-order valence-electron chi connectivity index (χ4n) is 3.22. The molecule has 4 aromatic carbocycles. The van der Waals surface area contributed by atoms with Crippen molar-refractivity contribution in [2.75, 3.05) is 23.5 Å². The molecule has 0 aromatic heterocycles. The molecule has 0 bridgehead atoms. The van der Waals surface area contributed by atoms with Crippen LogP contribution in [0.15, 0.2) is 95.9 Å². The van der Waals surface area contributed by atoms with Crippen molar-refractivity contribution in [1.82, 2.24) is 0 Å². The van der Waals surface area contributed by atoms with E-state index in [0.717, 1.165) is 21.4 Å². The Balaban J connectivity index is 1.30. The molecule has 0 aliphatic rings. The van der Waals surface area contributed by atoms with Gasteiger partial charge in [-0.2, -0.15) is 0 Å². The molecule has 0 aliphatic carbocycles. The van der Waals surface area contributed by atoms with Crippen LogP contribution in [0.25, 0.3) is 10.8 Å². The van der Waals surface area contributed by atoms with Gasteiger partial charge in [-0.25, -0.2) is 0 Å². The van der Waals surface area contributed by atoms with E-state index in [1.165, 1.54) is 11.8 Å². The molecule has 4 aromatic rings. The summed E-state index contributed by atoms with van der Waals surface area (Å²) in [6, 6.07) is 28.3. The molecule has 0 saturated heterocycles. The summed E-state index contributed by atoms with van der Waals surface area (Å²) in [5, 5.41) is 8.03. The molecule has 0 aliphatic heterocycles. The number of thioether (sulfide) groups is 1. The van der Waals surface area contributed by atoms with E-state index in [1.54, 1.807) is 31.4 Å². The summed E-state index contributed by atoms with van der Waals surface area (Å²) < 4.78 is 5.16. The minimum atomic E-state index is -0.209. The van der Waals surface area contributed by atoms with Crippen LogP contribution in [0.5, 0.6) is 5.75 Å². The van der Waals surface area contributed by atoms with E-state index >= 15 is 0 Å². The molecule has 5 nitrogen and oxygen atoms in total. The molecule has 160 valence electrons. The third-order valence-corrected chi connectivity index (χ3v) is 5.86. The van der Waals surface area contributed by atoms with Gasteiger partial charge in [0.1, 0.15) is 5.75 Å². The SMILES string of the molecule is COc1cccc(C(=O)Nc2ccc(SCC(=O)Nc3ccc4ccccc4c3)cc2)c1. The van der Waals surface area contributed by atoms with Gasteiger partial charge in [-0.05, 0) is 65.4 Å². The van der Waals surface area contributed by atoms with Gasteiger partial charge in [0.05, 0.1) is 12.9 Å². The Bertz CT molecular complexity index is 1260. The second kappa shape index (κ2) is 10.0. The topological polar surface area (TPSA) is 67.4 Å². The number of carbonyl (C=O) groups is 2. The smallest absolute Gasteiger partial charge is 0.255 e. The van der Waals surface area contributed by atoms with Crippen molar-refractivity contribution in [3.8, 4) is 5.75 Å². The van der Waals surface area contributed by atoms with Crippen molar-refractivity contribution in [2.24, 2.45) is 0 Å². The summed E-state index contributed by atoms with van der Waals surface area (Å²) in [6.45, 7) is 0. The molecule has 0 spiro atoms. The molecule has 0 radical (unpaired) electrons.